The highest BCUT2D eigenvalue weighted by atomic mass is 127. The Labute approximate surface area is 182 Å². The van der Waals surface area contributed by atoms with Crippen LogP contribution in [0.4, 0.5) is 0 Å². The fourth-order valence-electron chi connectivity index (χ4n) is 3.67. The van der Waals surface area contributed by atoms with E-state index in [-0.39, 0.29) is 36.4 Å². The Balaban J connectivity index is 0.00000364. The van der Waals surface area contributed by atoms with Crippen molar-refractivity contribution in [1.82, 2.24) is 15.5 Å². The summed E-state index contributed by atoms with van der Waals surface area (Å²) in [5.41, 5.74) is 0. The van der Waals surface area contributed by atoms with Crippen LogP contribution in [-0.2, 0) is 9.53 Å². The molecular formula is C20H39IN4O2. The van der Waals surface area contributed by atoms with Gasteiger partial charge in [0.2, 0.25) is 5.91 Å². The van der Waals surface area contributed by atoms with E-state index < -0.39 is 0 Å². The Bertz CT molecular complexity index is 434. The molecule has 0 aromatic rings. The van der Waals surface area contributed by atoms with Gasteiger partial charge in [-0.15, -0.1) is 24.0 Å². The average Bonchev–Trinajstić information content (AvgIpc) is 2.67. The van der Waals surface area contributed by atoms with E-state index >= 15 is 0 Å². The first kappa shape index (κ1) is 24.5. The normalized spacial score (nSPS) is 21.3. The van der Waals surface area contributed by atoms with Gasteiger partial charge in [-0.2, -0.15) is 0 Å². The summed E-state index contributed by atoms with van der Waals surface area (Å²) >= 11 is 0. The molecule has 2 N–H and O–H groups in total. The molecule has 0 aromatic heterocycles. The van der Waals surface area contributed by atoms with Crippen LogP contribution in [-0.4, -0.2) is 63.2 Å². The van der Waals surface area contributed by atoms with Gasteiger partial charge in [-0.25, -0.2) is 4.99 Å². The number of hydrogen-bond acceptors (Lipinski definition) is 3. The Kier molecular flexibility index (Phi) is 13.1. The Morgan fingerprint density at radius 1 is 1.07 bits per heavy atom. The highest BCUT2D eigenvalue weighted by molar-refractivity contribution is 14.0. The number of likely N-dealkylation sites (N-methyl/N-ethyl adjacent to an activating group) is 1. The number of nitrogens with zero attached hydrogens (tertiary/aromatic N) is 2. The summed E-state index contributed by atoms with van der Waals surface area (Å²) in [6.45, 7) is 2.93. The SMILES string of the molecule is CN(C)C(=O)CN=C(NCCCC1CCCCO1)NCC1CCCCC1.I. The number of ether oxygens (including phenoxy) is 1. The standard InChI is InChI=1S/C20H38N4O2.HI/c1-24(2)19(25)16-23-20(22-15-17-9-4-3-5-10-17)21-13-8-12-18-11-6-7-14-26-18;/h17-18H,3-16H2,1-2H3,(H2,21,22,23);1H. The van der Waals surface area contributed by atoms with Crippen molar-refractivity contribution in [3.8, 4) is 0 Å². The van der Waals surface area contributed by atoms with Gasteiger partial charge in [-0.1, -0.05) is 19.3 Å². The molecule has 0 bridgehead atoms. The van der Waals surface area contributed by atoms with Crippen molar-refractivity contribution in [3.05, 3.63) is 0 Å². The second kappa shape index (κ2) is 14.4. The van der Waals surface area contributed by atoms with Gasteiger partial charge in [-0.3, -0.25) is 4.79 Å². The number of rotatable bonds is 8. The van der Waals surface area contributed by atoms with Gasteiger partial charge in [-0.05, 0) is 50.9 Å². The van der Waals surface area contributed by atoms with Crippen molar-refractivity contribution < 1.29 is 9.53 Å². The number of carbonyl (C=O) groups excluding carboxylic acids is 1. The minimum Gasteiger partial charge on any atom is -0.378 e. The Morgan fingerprint density at radius 3 is 2.48 bits per heavy atom. The Morgan fingerprint density at radius 2 is 1.81 bits per heavy atom. The highest BCUT2D eigenvalue weighted by Crippen LogP contribution is 2.22. The fourth-order valence-corrected chi connectivity index (χ4v) is 3.67. The summed E-state index contributed by atoms with van der Waals surface area (Å²) in [4.78, 5) is 17.9. The molecule has 6 nitrogen and oxygen atoms in total. The molecule has 1 aliphatic carbocycles. The molecule has 27 heavy (non-hydrogen) atoms. The molecule has 1 aliphatic heterocycles. The maximum atomic E-state index is 11.8. The maximum absolute atomic E-state index is 11.8. The molecule has 1 saturated carbocycles. The van der Waals surface area contributed by atoms with E-state index in [4.69, 9.17) is 4.74 Å². The third-order valence-corrected chi connectivity index (χ3v) is 5.42. The lowest BCUT2D eigenvalue weighted by Crippen LogP contribution is -2.41. The van der Waals surface area contributed by atoms with Gasteiger partial charge in [0.15, 0.2) is 5.96 Å². The van der Waals surface area contributed by atoms with Crippen LogP contribution < -0.4 is 10.6 Å². The van der Waals surface area contributed by atoms with Gasteiger partial charge in [0.05, 0.1) is 6.10 Å². The van der Waals surface area contributed by atoms with Crippen LogP contribution in [0.25, 0.3) is 0 Å². The van der Waals surface area contributed by atoms with Crippen molar-refractivity contribution in [2.45, 2.75) is 70.3 Å². The van der Waals surface area contributed by atoms with Crippen LogP contribution in [0.3, 0.4) is 0 Å². The molecule has 1 amide bonds. The molecule has 2 fully saturated rings. The fraction of sp³-hybridized carbons (Fsp3) is 0.900. The summed E-state index contributed by atoms with van der Waals surface area (Å²) in [7, 11) is 3.54. The molecule has 0 aromatic carbocycles. The second-order valence-electron chi connectivity index (χ2n) is 7.90. The van der Waals surface area contributed by atoms with Crippen LogP contribution in [0, 0.1) is 5.92 Å². The average molecular weight is 494 g/mol. The molecule has 1 heterocycles. The van der Waals surface area contributed by atoms with Crippen LogP contribution in [0.2, 0.25) is 0 Å². The topological polar surface area (TPSA) is 66.0 Å². The summed E-state index contributed by atoms with van der Waals surface area (Å²) in [5.74, 6) is 1.53. The van der Waals surface area contributed by atoms with Gasteiger partial charge >= 0.3 is 0 Å². The van der Waals surface area contributed by atoms with Gasteiger partial charge in [0.25, 0.3) is 0 Å². The first-order valence-corrected chi connectivity index (χ1v) is 10.5. The van der Waals surface area contributed by atoms with Crippen LogP contribution >= 0.6 is 24.0 Å². The van der Waals surface area contributed by atoms with Crippen LogP contribution in [0.1, 0.15) is 64.2 Å². The van der Waals surface area contributed by atoms with Crippen LogP contribution in [0.5, 0.6) is 0 Å². The lowest BCUT2D eigenvalue weighted by atomic mass is 9.89. The number of nitrogens with one attached hydrogen (secondary N) is 2. The smallest absolute Gasteiger partial charge is 0.243 e. The minimum atomic E-state index is 0. The monoisotopic (exact) mass is 494 g/mol. The zero-order valence-corrected chi connectivity index (χ0v) is 19.5. The molecule has 2 rings (SSSR count). The van der Waals surface area contributed by atoms with E-state index in [2.05, 4.69) is 15.6 Å². The number of amides is 1. The number of hydrogen-bond donors (Lipinski definition) is 2. The summed E-state index contributed by atoms with van der Waals surface area (Å²) < 4.78 is 5.79. The lowest BCUT2D eigenvalue weighted by molar-refractivity contribution is -0.127. The zero-order chi connectivity index (χ0) is 18.6. The van der Waals surface area contributed by atoms with Crippen LogP contribution in [0.15, 0.2) is 4.99 Å². The molecule has 1 saturated heterocycles. The Hall–Kier alpha value is -0.570. The minimum absolute atomic E-state index is 0. The molecule has 1 atom stereocenters. The number of aliphatic imine (C=N–C) groups is 1. The van der Waals surface area contributed by atoms with Crippen molar-refractivity contribution >= 4 is 35.8 Å². The predicted octanol–water partition coefficient (Wildman–Crippen LogP) is 3.16. The number of halogens is 1. The highest BCUT2D eigenvalue weighted by Gasteiger charge is 2.15. The first-order chi connectivity index (χ1) is 12.6. The second-order valence-corrected chi connectivity index (χ2v) is 7.90. The van der Waals surface area contributed by atoms with E-state index in [1.165, 1.54) is 51.4 Å². The van der Waals surface area contributed by atoms with Gasteiger partial charge in [0.1, 0.15) is 6.54 Å². The van der Waals surface area contributed by atoms with Crippen molar-refractivity contribution in [1.29, 1.82) is 0 Å². The zero-order valence-electron chi connectivity index (χ0n) is 17.2. The molecule has 7 heteroatoms. The van der Waals surface area contributed by atoms with E-state index in [0.29, 0.717) is 6.10 Å². The van der Waals surface area contributed by atoms with Crippen molar-refractivity contribution in [2.75, 3.05) is 40.3 Å². The summed E-state index contributed by atoms with van der Waals surface area (Å²) in [6, 6.07) is 0. The molecule has 0 spiro atoms. The molecule has 0 radical (unpaired) electrons. The molecule has 2 aliphatic rings. The predicted molar refractivity (Wildman–Crippen MR) is 122 cm³/mol. The summed E-state index contributed by atoms with van der Waals surface area (Å²) in [5, 5.41) is 6.86. The lowest BCUT2D eigenvalue weighted by Gasteiger charge is -2.24. The number of guanidine groups is 1. The first-order valence-electron chi connectivity index (χ1n) is 10.5. The molecular weight excluding hydrogens is 455 g/mol. The quantitative estimate of drug-likeness (QED) is 0.236. The summed E-state index contributed by atoms with van der Waals surface area (Å²) in [6.07, 6.45) is 12.9. The third-order valence-electron chi connectivity index (χ3n) is 5.42. The van der Waals surface area contributed by atoms with E-state index in [0.717, 1.165) is 44.4 Å². The van der Waals surface area contributed by atoms with E-state index in [1.807, 2.05) is 0 Å². The van der Waals surface area contributed by atoms with Gasteiger partial charge < -0.3 is 20.3 Å². The third kappa shape index (κ3) is 10.5. The molecule has 158 valence electrons. The molecule has 1 unspecified atom stereocenters. The van der Waals surface area contributed by atoms with Crippen molar-refractivity contribution in [2.24, 2.45) is 10.9 Å². The van der Waals surface area contributed by atoms with E-state index in [9.17, 15) is 4.79 Å². The maximum Gasteiger partial charge on any atom is 0.243 e. The van der Waals surface area contributed by atoms with Crippen molar-refractivity contribution in [3.63, 3.8) is 0 Å². The van der Waals surface area contributed by atoms with E-state index in [1.54, 1.807) is 19.0 Å². The number of carbonyl (C=O) groups is 1. The largest absolute Gasteiger partial charge is 0.378 e. The van der Waals surface area contributed by atoms with Gasteiger partial charge in [0, 0.05) is 33.8 Å².